The van der Waals surface area contributed by atoms with Crippen LogP contribution in [-0.4, -0.2) is 46.1 Å². The SMILES string of the molecule is CN(C)C.COS(=O)(=O)O.Cl. The lowest BCUT2D eigenvalue weighted by Crippen LogP contribution is -1.99. The number of rotatable bonds is 1. The van der Waals surface area contributed by atoms with Crippen LogP contribution in [0, 0.1) is 0 Å². The Kier molecular flexibility index (Phi) is 12.9. The minimum atomic E-state index is -4.16. The first kappa shape index (κ1) is 17.3. The van der Waals surface area contributed by atoms with E-state index < -0.39 is 10.4 Å². The van der Waals surface area contributed by atoms with Crippen molar-refractivity contribution in [2.45, 2.75) is 0 Å². The largest absolute Gasteiger partial charge is 0.397 e. The molecule has 0 heterocycles. The van der Waals surface area contributed by atoms with E-state index >= 15 is 0 Å². The lowest BCUT2D eigenvalue weighted by Gasteiger charge is -1.90. The van der Waals surface area contributed by atoms with Gasteiger partial charge in [-0.3, -0.25) is 8.74 Å². The molecule has 0 saturated carbocycles. The highest BCUT2D eigenvalue weighted by Crippen LogP contribution is 1.74. The van der Waals surface area contributed by atoms with Crippen LogP contribution in [0.1, 0.15) is 0 Å². The van der Waals surface area contributed by atoms with Gasteiger partial charge in [0, 0.05) is 0 Å². The molecule has 0 fully saturated rings. The highest BCUT2D eigenvalue weighted by Gasteiger charge is 1.93. The Bertz CT molecular complexity index is 153. The Hall–Kier alpha value is 0.120. The first-order chi connectivity index (χ1) is 4.29. The summed E-state index contributed by atoms with van der Waals surface area (Å²) in [5.41, 5.74) is 0. The van der Waals surface area contributed by atoms with E-state index in [9.17, 15) is 8.42 Å². The number of hydrogen-bond acceptors (Lipinski definition) is 4. The molecule has 72 valence electrons. The lowest BCUT2D eigenvalue weighted by molar-refractivity contribution is 0.324. The molecular weight excluding hydrogens is 194 g/mol. The third-order valence-electron chi connectivity index (χ3n) is 0.211. The maximum atomic E-state index is 9.33. The number of halogens is 1. The van der Waals surface area contributed by atoms with Crippen LogP contribution < -0.4 is 0 Å². The number of hydrogen-bond donors (Lipinski definition) is 1. The van der Waals surface area contributed by atoms with Crippen molar-refractivity contribution in [2.75, 3.05) is 28.3 Å². The van der Waals surface area contributed by atoms with E-state index in [2.05, 4.69) is 4.18 Å². The molecule has 0 aromatic carbocycles. The highest BCUT2D eigenvalue weighted by molar-refractivity contribution is 7.80. The summed E-state index contributed by atoms with van der Waals surface area (Å²) in [5, 5.41) is 0. The van der Waals surface area contributed by atoms with Crippen LogP contribution in [-0.2, 0) is 14.6 Å². The predicted octanol–water partition coefficient (Wildman–Crippen LogP) is 0.0352. The van der Waals surface area contributed by atoms with Crippen LogP contribution in [0.4, 0.5) is 0 Å². The quantitative estimate of drug-likeness (QED) is 0.615. The topological polar surface area (TPSA) is 66.8 Å². The van der Waals surface area contributed by atoms with Gasteiger partial charge in [-0.05, 0) is 21.1 Å². The van der Waals surface area contributed by atoms with E-state index in [0.717, 1.165) is 7.11 Å². The summed E-state index contributed by atoms with van der Waals surface area (Å²) >= 11 is 0. The van der Waals surface area contributed by atoms with Gasteiger partial charge in [0.25, 0.3) is 0 Å². The molecule has 1 N–H and O–H groups in total. The van der Waals surface area contributed by atoms with E-state index in [4.69, 9.17) is 4.55 Å². The van der Waals surface area contributed by atoms with E-state index in [-0.39, 0.29) is 12.4 Å². The fourth-order valence-electron chi connectivity index (χ4n) is 0. The third-order valence-corrected chi connectivity index (χ3v) is 0.632. The van der Waals surface area contributed by atoms with Crippen molar-refractivity contribution >= 4 is 22.8 Å². The van der Waals surface area contributed by atoms with Crippen molar-refractivity contribution in [3.05, 3.63) is 0 Å². The molecule has 0 aliphatic heterocycles. The van der Waals surface area contributed by atoms with E-state index in [0.29, 0.717) is 0 Å². The van der Waals surface area contributed by atoms with E-state index in [1.165, 1.54) is 0 Å². The van der Waals surface area contributed by atoms with Gasteiger partial charge in [-0.15, -0.1) is 12.4 Å². The summed E-state index contributed by atoms with van der Waals surface area (Å²) < 4.78 is 29.7. The van der Waals surface area contributed by atoms with Gasteiger partial charge in [0.15, 0.2) is 0 Å². The average Bonchev–Trinajstić information content (AvgIpc) is 1.63. The summed E-state index contributed by atoms with van der Waals surface area (Å²) in [4.78, 5) is 2.00. The third kappa shape index (κ3) is 68.5. The summed E-state index contributed by atoms with van der Waals surface area (Å²) in [6.07, 6.45) is 0. The molecule has 0 aromatic heterocycles. The van der Waals surface area contributed by atoms with Gasteiger partial charge >= 0.3 is 10.4 Å². The minimum Gasteiger partial charge on any atom is -0.312 e. The normalized spacial score (nSPS) is 9.64. The second-order valence-electron chi connectivity index (χ2n) is 1.94. The molecule has 11 heavy (non-hydrogen) atoms. The molecule has 0 aliphatic rings. The van der Waals surface area contributed by atoms with Crippen LogP contribution in [0.2, 0.25) is 0 Å². The minimum absolute atomic E-state index is 0. The van der Waals surface area contributed by atoms with Gasteiger partial charge in [-0.25, -0.2) is 0 Å². The van der Waals surface area contributed by atoms with Crippen LogP contribution in [0.5, 0.6) is 0 Å². The second kappa shape index (κ2) is 8.22. The highest BCUT2D eigenvalue weighted by atomic mass is 35.5. The maximum Gasteiger partial charge on any atom is 0.397 e. The Morgan fingerprint density at radius 2 is 1.36 bits per heavy atom. The number of nitrogens with zero attached hydrogens (tertiary/aromatic N) is 1. The van der Waals surface area contributed by atoms with Gasteiger partial charge in [0.1, 0.15) is 0 Å². The van der Waals surface area contributed by atoms with Crippen LogP contribution in [0.15, 0.2) is 0 Å². The molecule has 0 unspecified atom stereocenters. The van der Waals surface area contributed by atoms with Gasteiger partial charge in [-0.1, -0.05) is 0 Å². The molecule has 0 aromatic rings. The Morgan fingerprint density at radius 1 is 1.27 bits per heavy atom. The summed E-state index contributed by atoms with van der Waals surface area (Å²) in [6.45, 7) is 0. The van der Waals surface area contributed by atoms with Crippen molar-refractivity contribution in [1.82, 2.24) is 4.90 Å². The standard InChI is InChI=1S/C3H9N.CH4O4S.ClH/c1-4(2)3;1-5-6(2,3)4;/h1-3H3;1H3,(H,2,3,4);1H. The van der Waals surface area contributed by atoms with Crippen molar-refractivity contribution in [2.24, 2.45) is 0 Å². The molecule has 0 rings (SSSR count). The van der Waals surface area contributed by atoms with Crippen molar-refractivity contribution in [3.63, 3.8) is 0 Å². The Balaban J connectivity index is -0.000000114. The first-order valence-electron chi connectivity index (χ1n) is 2.43. The fourth-order valence-corrected chi connectivity index (χ4v) is 0. The molecule has 0 amide bonds. The Labute approximate surface area is 73.7 Å². The predicted molar refractivity (Wildman–Crippen MR) is 45.4 cm³/mol. The van der Waals surface area contributed by atoms with Crippen LogP contribution >= 0.6 is 12.4 Å². The molecule has 0 saturated heterocycles. The zero-order valence-corrected chi connectivity index (χ0v) is 8.57. The molecule has 0 aliphatic carbocycles. The lowest BCUT2D eigenvalue weighted by atomic mass is 11.0. The molecular formula is C4H14ClNO4S. The smallest absolute Gasteiger partial charge is 0.312 e. The summed E-state index contributed by atoms with van der Waals surface area (Å²) in [5.74, 6) is 0. The van der Waals surface area contributed by atoms with Crippen LogP contribution in [0.25, 0.3) is 0 Å². The van der Waals surface area contributed by atoms with Gasteiger partial charge in [0.05, 0.1) is 7.11 Å². The Morgan fingerprint density at radius 3 is 1.36 bits per heavy atom. The molecule has 0 spiro atoms. The van der Waals surface area contributed by atoms with Crippen molar-refractivity contribution in [3.8, 4) is 0 Å². The molecule has 0 bridgehead atoms. The van der Waals surface area contributed by atoms with Crippen LogP contribution in [0.3, 0.4) is 0 Å². The zero-order chi connectivity index (χ0) is 8.78. The van der Waals surface area contributed by atoms with Gasteiger partial charge in [-0.2, -0.15) is 8.42 Å². The summed E-state index contributed by atoms with van der Waals surface area (Å²) in [7, 11) is 2.71. The monoisotopic (exact) mass is 207 g/mol. The van der Waals surface area contributed by atoms with Crippen molar-refractivity contribution < 1.29 is 17.2 Å². The molecule has 7 heteroatoms. The molecule has 0 atom stereocenters. The van der Waals surface area contributed by atoms with E-state index in [1.54, 1.807) is 0 Å². The van der Waals surface area contributed by atoms with E-state index in [1.807, 2.05) is 26.0 Å². The van der Waals surface area contributed by atoms with Gasteiger partial charge in [0.2, 0.25) is 0 Å². The van der Waals surface area contributed by atoms with Crippen molar-refractivity contribution in [1.29, 1.82) is 0 Å². The average molecular weight is 208 g/mol. The maximum absolute atomic E-state index is 9.33. The summed E-state index contributed by atoms with van der Waals surface area (Å²) in [6, 6.07) is 0. The van der Waals surface area contributed by atoms with Gasteiger partial charge < -0.3 is 4.90 Å². The zero-order valence-electron chi connectivity index (χ0n) is 6.94. The first-order valence-corrected chi connectivity index (χ1v) is 3.80. The molecule has 5 nitrogen and oxygen atoms in total. The second-order valence-corrected chi connectivity index (χ2v) is 3.12. The fraction of sp³-hybridized carbons (Fsp3) is 1.00. The molecule has 0 radical (unpaired) electrons.